The Morgan fingerprint density at radius 2 is 1.87 bits per heavy atom. The zero-order valence-corrected chi connectivity index (χ0v) is 16.6. The summed E-state index contributed by atoms with van der Waals surface area (Å²) >= 11 is 6.11. The molecule has 3 N–H and O–H groups in total. The Bertz CT molecular complexity index is 1270. The summed E-state index contributed by atoms with van der Waals surface area (Å²) in [7, 11) is 0. The normalized spacial score (nSPS) is 10.8. The Labute approximate surface area is 180 Å². The van der Waals surface area contributed by atoms with Crippen molar-refractivity contribution in [1.82, 2.24) is 9.97 Å². The second kappa shape index (κ2) is 8.45. The first-order valence-electron chi connectivity index (χ1n) is 9.13. The van der Waals surface area contributed by atoms with Crippen LogP contribution in [0.3, 0.4) is 0 Å². The van der Waals surface area contributed by atoms with Crippen LogP contribution in [0.5, 0.6) is 11.5 Å². The number of rotatable bonds is 6. The fourth-order valence-electron chi connectivity index (χ4n) is 2.94. The predicted octanol–water partition coefficient (Wildman–Crippen LogP) is 5.03. The van der Waals surface area contributed by atoms with Crippen molar-refractivity contribution in [1.29, 1.82) is 0 Å². The van der Waals surface area contributed by atoms with Crippen LogP contribution in [0, 0.1) is 5.82 Å². The zero-order valence-electron chi connectivity index (χ0n) is 15.9. The molecule has 0 radical (unpaired) electrons. The number of imidazole rings is 1. The second-order valence-corrected chi connectivity index (χ2v) is 7.05. The number of carbonyl (C=O) groups is 2. The summed E-state index contributed by atoms with van der Waals surface area (Å²) in [6, 6.07) is 15.6. The molecule has 0 unspecified atom stereocenters. The maximum atomic E-state index is 14.5. The van der Waals surface area contributed by atoms with Crippen LogP contribution in [0.2, 0.25) is 5.02 Å². The van der Waals surface area contributed by atoms with E-state index in [2.05, 4.69) is 15.3 Å². The Kier molecular flexibility index (Phi) is 5.55. The molecule has 31 heavy (non-hydrogen) atoms. The number of hydrogen-bond donors (Lipinski definition) is 3. The van der Waals surface area contributed by atoms with E-state index < -0.39 is 17.7 Å². The summed E-state index contributed by atoms with van der Waals surface area (Å²) in [4.78, 5) is 30.3. The maximum Gasteiger partial charge on any atom is 0.307 e. The molecule has 1 amide bonds. The topological polar surface area (TPSA) is 104 Å². The quantitative estimate of drug-likeness (QED) is 0.391. The number of aliphatic carboxylic acids is 1. The number of nitrogens with zero attached hydrogens (tertiary/aromatic N) is 1. The van der Waals surface area contributed by atoms with Crippen molar-refractivity contribution in [3.05, 3.63) is 82.9 Å². The number of anilines is 1. The largest absolute Gasteiger partial charge is 0.481 e. The number of H-pyrrole nitrogens is 1. The van der Waals surface area contributed by atoms with Gasteiger partial charge in [-0.15, -0.1) is 0 Å². The van der Waals surface area contributed by atoms with Gasteiger partial charge in [0.05, 0.1) is 22.5 Å². The number of para-hydroxylation sites is 2. The molecular formula is C22H15ClFN3O4. The summed E-state index contributed by atoms with van der Waals surface area (Å²) in [6.45, 7) is 0. The smallest absolute Gasteiger partial charge is 0.307 e. The third kappa shape index (κ3) is 4.65. The summed E-state index contributed by atoms with van der Waals surface area (Å²) in [5.41, 5.74) is 2.08. The molecule has 156 valence electrons. The number of hydrogen-bond acceptors (Lipinski definition) is 4. The highest BCUT2D eigenvalue weighted by molar-refractivity contribution is 6.32. The van der Waals surface area contributed by atoms with Crippen molar-refractivity contribution in [2.45, 2.75) is 6.42 Å². The molecule has 4 rings (SSSR count). The summed E-state index contributed by atoms with van der Waals surface area (Å²) in [5, 5.41) is 11.6. The van der Waals surface area contributed by atoms with Gasteiger partial charge in [-0.05, 0) is 42.0 Å². The lowest BCUT2D eigenvalue weighted by molar-refractivity contribution is -0.136. The van der Waals surface area contributed by atoms with Crippen molar-refractivity contribution >= 4 is 40.2 Å². The number of nitrogens with one attached hydrogen (secondary N) is 2. The Balaban J connectivity index is 1.48. The van der Waals surface area contributed by atoms with Gasteiger partial charge in [0.2, 0.25) is 0 Å². The monoisotopic (exact) mass is 439 g/mol. The van der Waals surface area contributed by atoms with Crippen molar-refractivity contribution < 1.29 is 23.8 Å². The number of amides is 1. The highest BCUT2D eigenvalue weighted by Gasteiger charge is 2.14. The van der Waals surface area contributed by atoms with Gasteiger partial charge in [0.25, 0.3) is 5.91 Å². The van der Waals surface area contributed by atoms with Gasteiger partial charge in [-0.3, -0.25) is 9.59 Å². The first-order valence-corrected chi connectivity index (χ1v) is 9.50. The molecule has 0 saturated heterocycles. The minimum Gasteiger partial charge on any atom is -0.481 e. The molecule has 0 aliphatic rings. The number of aromatic amines is 1. The van der Waals surface area contributed by atoms with E-state index >= 15 is 0 Å². The van der Waals surface area contributed by atoms with Gasteiger partial charge in [-0.2, -0.15) is 0 Å². The average Bonchev–Trinajstić information content (AvgIpc) is 3.16. The third-order valence-corrected chi connectivity index (χ3v) is 4.66. The number of benzene rings is 3. The Morgan fingerprint density at radius 3 is 2.58 bits per heavy atom. The lowest BCUT2D eigenvalue weighted by Crippen LogP contribution is -2.13. The molecule has 3 aromatic carbocycles. The average molecular weight is 440 g/mol. The second-order valence-electron chi connectivity index (χ2n) is 6.64. The maximum absolute atomic E-state index is 14.5. The summed E-state index contributed by atoms with van der Waals surface area (Å²) in [5.74, 6) is -2.04. The van der Waals surface area contributed by atoms with E-state index in [1.165, 1.54) is 30.3 Å². The van der Waals surface area contributed by atoms with E-state index in [-0.39, 0.29) is 34.5 Å². The van der Waals surface area contributed by atoms with E-state index in [1.807, 2.05) is 12.1 Å². The van der Waals surface area contributed by atoms with Crippen LogP contribution in [-0.2, 0) is 11.2 Å². The molecule has 0 aliphatic heterocycles. The van der Waals surface area contributed by atoms with Crippen LogP contribution >= 0.6 is 11.6 Å². The minimum absolute atomic E-state index is 0.102. The molecule has 0 fully saturated rings. The van der Waals surface area contributed by atoms with E-state index in [0.717, 1.165) is 6.07 Å². The van der Waals surface area contributed by atoms with E-state index in [1.54, 1.807) is 12.1 Å². The number of ether oxygens (including phenoxy) is 1. The standard InChI is InChI=1S/C22H15ClFN3O4/c23-14-9-12(10-20(28)29)5-7-18(14)31-19-8-6-13(11-15(19)24)25-22(30)21-26-16-3-1-2-4-17(16)27-21/h1-9,11H,10H2,(H,25,30)(H,26,27)(H,28,29). The third-order valence-electron chi connectivity index (χ3n) is 4.37. The SMILES string of the molecule is O=C(O)Cc1ccc(Oc2ccc(NC(=O)c3nc4ccccc4[nH]3)cc2F)c(Cl)c1. The molecule has 4 aromatic rings. The van der Waals surface area contributed by atoms with E-state index in [0.29, 0.717) is 16.6 Å². The molecule has 0 atom stereocenters. The fourth-order valence-corrected chi connectivity index (χ4v) is 3.18. The van der Waals surface area contributed by atoms with Crippen molar-refractivity contribution in [3.8, 4) is 11.5 Å². The van der Waals surface area contributed by atoms with Gasteiger partial charge in [0.1, 0.15) is 5.75 Å². The Morgan fingerprint density at radius 1 is 1.10 bits per heavy atom. The highest BCUT2D eigenvalue weighted by Crippen LogP contribution is 2.32. The van der Waals surface area contributed by atoms with Crippen molar-refractivity contribution in [2.24, 2.45) is 0 Å². The molecule has 1 aromatic heterocycles. The fraction of sp³-hybridized carbons (Fsp3) is 0.0455. The lowest BCUT2D eigenvalue weighted by Gasteiger charge is -2.11. The molecule has 0 aliphatic carbocycles. The number of aromatic nitrogens is 2. The van der Waals surface area contributed by atoms with Crippen molar-refractivity contribution in [2.75, 3.05) is 5.32 Å². The van der Waals surface area contributed by atoms with Crippen LogP contribution in [0.4, 0.5) is 10.1 Å². The van der Waals surface area contributed by atoms with Gasteiger partial charge in [0, 0.05) is 11.8 Å². The van der Waals surface area contributed by atoms with Crippen LogP contribution in [0.25, 0.3) is 11.0 Å². The molecule has 7 nitrogen and oxygen atoms in total. The van der Waals surface area contributed by atoms with E-state index in [9.17, 15) is 14.0 Å². The van der Waals surface area contributed by atoms with Gasteiger partial charge in [0.15, 0.2) is 17.4 Å². The number of carboxylic acid groups (broad SMARTS) is 1. The zero-order chi connectivity index (χ0) is 22.0. The highest BCUT2D eigenvalue weighted by atomic mass is 35.5. The molecule has 0 spiro atoms. The lowest BCUT2D eigenvalue weighted by atomic mass is 10.1. The number of fused-ring (bicyclic) bond motifs is 1. The summed E-state index contributed by atoms with van der Waals surface area (Å²) in [6.07, 6.45) is -0.187. The molecule has 9 heteroatoms. The van der Waals surface area contributed by atoms with Crippen molar-refractivity contribution in [3.63, 3.8) is 0 Å². The molecular weight excluding hydrogens is 425 g/mol. The van der Waals surface area contributed by atoms with Crippen LogP contribution in [0.15, 0.2) is 60.7 Å². The number of carbonyl (C=O) groups excluding carboxylic acids is 1. The van der Waals surface area contributed by atoms with Crippen LogP contribution in [0.1, 0.15) is 16.2 Å². The van der Waals surface area contributed by atoms with Crippen LogP contribution < -0.4 is 10.1 Å². The van der Waals surface area contributed by atoms with Gasteiger partial charge >= 0.3 is 5.97 Å². The molecule has 0 saturated carbocycles. The van der Waals surface area contributed by atoms with E-state index in [4.69, 9.17) is 21.4 Å². The first kappa shape index (κ1) is 20.4. The predicted molar refractivity (Wildman–Crippen MR) is 113 cm³/mol. The minimum atomic E-state index is -0.990. The van der Waals surface area contributed by atoms with Gasteiger partial charge in [-0.25, -0.2) is 9.37 Å². The number of halogens is 2. The summed E-state index contributed by atoms with van der Waals surface area (Å²) < 4.78 is 20.0. The van der Waals surface area contributed by atoms with Gasteiger partial charge in [-0.1, -0.05) is 29.8 Å². The molecule has 0 bridgehead atoms. The first-order chi connectivity index (χ1) is 14.9. The Hall–Kier alpha value is -3.91. The molecule has 1 heterocycles. The van der Waals surface area contributed by atoms with Crippen LogP contribution in [-0.4, -0.2) is 27.0 Å². The number of carboxylic acids is 1. The van der Waals surface area contributed by atoms with Gasteiger partial charge < -0.3 is 20.1 Å².